The summed E-state index contributed by atoms with van der Waals surface area (Å²) in [6.45, 7) is 0. The second-order valence-corrected chi connectivity index (χ2v) is 6.97. The van der Waals surface area contributed by atoms with Crippen LogP contribution in [0.4, 0.5) is 0 Å². The van der Waals surface area contributed by atoms with Crippen molar-refractivity contribution in [3.8, 4) is 11.1 Å². The van der Waals surface area contributed by atoms with Crippen LogP contribution in [-0.4, -0.2) is 10.8 Å². The average Bonchev–Trinajstić information content (AvgIpc) is 2.78. The summed E-state index contributed by atoms with van der Waals surface area (Å²) in [4.78, 5) is 29.5. The van der Waals surface area contributed by atoms with E-state index < -0.39 is 0 Å². The summed E-state index contributed by atoms with van der Waals surface area (Å²) >= 11 is 0. The summed E-state index contributed by atoms with van der Waals surface area (Å²) in [6, 6.07) is 30.5. The number of hydrogen-bond acceptors (Lipinski definition) is 2. The molecule has 0 saturated carbocycles. The molecule has 0 saturated heterocycles. The van der Waals surface area contributed by atoms with Gasteiger partial charge in [0, 0.05) is 22.0 Å². The van der Waals surface area contributed by atoms with Crippen LogP contribution >= 0.6 is 0 Å². The first-order chi connectivity index (χ1) is 14.2. The minimum absolute atomic E-state index is 0.172. The SMILES string of the molecule is O=C(c1ccccc1)c1c(-c2ccccc2)c2c(ccc3ccccc32)[nH]c1=O. The van der Waals surface area contributed by atoms with E-state index in [1.165, 1.54) is 0 Å². The molecule has 138 valence electrons. The number of hydrogen-bond donors (Lipinski definition) is 1. The van der Waals surface area contributed by atoms with Gasteiger partial charge in [-0.25, -0.2) is 0 Å². The van der Waals surface area contributed by atoms with Crippen LogP contribution in [0.2, 0.25) is 0 Å². The summed E-state index contributed by atoms with van der Waals surface area (Å²) in [5, 5.41) is 2.94. The lowest BCUT2D eigenvalue weighted by Gasteiger charge is -2.14. The van der Waals surface area contributed by atoms with Crippen molar-refractivity contribution in [1.82, 2.24) is 4.98 Å². The van der Waals surface area contributed by atoms with Gasteiger partial charge in [0.25, 0.3) is 5.56 Å². The summed E-state index contributed by atoms with van der Waals surface area (Å²) in [7, 11) is 0. The Bertz CT molecular complexity index is 1420. The maximum absolute atomic E-state index is 13.4. The number of H-pyrrole nitrogens is 1. The molecule has 3 nitrogen and oxygen atoms in total. The van der Waals surface area contributed by atoms with Gasteiger partial charge in [-0.05, 0) is 22.4 Å². The third-order valence-electron chi connectivity index (χ3n) is 5.23. The Morgan fingerprint density at radius 3 is 2.10 bits per heavy atom. The smallest absolute Gasteiger partial charge is 0.260 e. The van der Waals surface area contributed by atoms with Gasteiger partial charge in [0.1, 0.15) is 0 Å². The summed E-state index contributed by atoms with van der Waals surface area (Å²) in [5.74, 6) is -0.277. The molecule has 0 aliphatic rings. The van der Waals surface area contributed by atoms with E-state index in [0.717, 1.165) is 27.2 Å². The van der Waals surface area contributed by atoms with Crippen molar-refractivity contribution in [2.45, 2.75) is 0 Å². The quantitative estimate of drug-likeness (QED) is 0.331. The fourth-order valence-corrected chi connectivity index (χ4v) is 3.91. The van der Waals surface area contributed by atoms with Gasteiger partial charge in [-0.3, -0.25) is 9.59 Å². The van der Waals surface area contributed by atoms with Gasteiger partial charge in [0.15, 0.2) is 5.78 Å². The monoisotopic (exact) mass is 375 g/mol. The highest BCUT2D eigenvalue weighted by molar-refractivity contribution is 6.21. The average molecular weight is 375 g/mol. The number of carbonyl (C=O) groups excluding carboxylic acids is 1. The van der Waals surface area contributed by atoms with Crippen molar-refractivity contribution < 1.29 is 4.79 Å². The van der Waals surface area contributed by atoms with Crippen molar-refractivity contribution in [3.63, 3.8) is 0 Å². The predicted octanol–water partition coefficient (Wildman–Crippen LogP) is 5.58. The van der Waals surface area contributed by atoms with Crippen LogP contribution < -0.4 is 5.56 Å². The molecule has 1 N–H and O–H groups in total. The molecule has 0 fully saturated rings. The lowest BCUT2D eigenvalue weighted by atomic mass is 9.89. The van der Waals surface area contributed by atoms with Gasteiger partial charge in [-0.2, -0.15) is 0 Å². The number of nitrogens with one attached hydrogen (secondary N) is 1. The maximum atomic E-state index is 13.4. The first-order valence-electron chi connectivity index (χ1n) is 9.47. The van der Waals surface area contributed by atoms with E-state index in [2.05, 4.69) is 4.98 Å². The molecule has 0 atom stereocenters. The standard InChI is InChI=1S/C26H17NO2/c28-25(19-12-5-2-6-13-19)24-22(18-10-3-1-4-11-18)23-20-14-8-7-9-17(20)15-16-21(23)27-26(24)29/h1-16H,(H,27,29). The molecule has 29 heavy (non-hydrogen) atoms. The molecule has 0 bridgehead atoms. The second-order valence-electron chi connectivity index (χ2n) is 6.97. The first kappa shape index (κ1) is 17.1. The van der Waals surface area contributed by atoms with E-state index >= 15 is 0 Å². The summed E-state index contributed by atoms with van der Waals surface area (Å²) < 4.78 is 0. The molecule has 5 aromatic rings. The van der Waals surface area contributed by atoms with Gasteiger partial charge < -0.3 is 4.98 Å². The Kier molecular flexibility index (Phi) is 4.07. The predicted molar refractivity (Wildman–Crippen MR) is 117 cm³/mol. The Balaban J connectivity index is 1.97. The van der Waals surface area contributed by atoms with Crippen molar-refractivity contribution >= 4 is 27.5 Å². The summed E-state index contributed by atoms with van der Waals surface area (Å²) in [6.07, 6.45) is 0. The van der Waals surface area contributed by atoms with Crippen LogP contribution in [-0.2, 0) is 0 Å². The first-order valence-corrected chi connectivity index (χ1v) is 9.47. The van der Waals surface area contributed by atoms with E-state index in [9.17, 15) is 9.59 Å². The molecule has 0 radical (unpaired) electrons. The van der Waals surface area contributed by atoms with E-state index in [0.29, 0.717) is 11.1 Å². The number of rotatable bonds is 3. The van der Waals surface area contributed by atoms with Crippen molar-refractivity contribution in [1.29, 1.82) is 0 Å². The Morgan fingerprint density at radius 1 is 0.690 bits per heavy atom. The molecule has 0 amide bonds. The second kappa shape index (κ2) is 6.88. The number of ketones is 1. The van der Waals surface area contributed by atoms with Crippen LogP contribution in [0.5, 0.6) is 0 Å². The molecule has 0 unspecified atom stereocenters. The molecule has 3 heteroatoms. The highest BCUT2D eigenvalue weighted by Crippen LogP contribution is 2.35. The number of aromatic nitrogens is 1. The van der Waals surface area contributed by atoms with Crippen LogP contribution in [0.3, 0.4) is 0 Å². The number of aromatic amines is 1. The minimum Gasteiger partial charge on any atom is -0.321 e. The zero-order valence-corrected chi connectivity index (χ0v) is 15.6. The third-order valence-corrected chi connectivity index (χ3v) is 5.23. The zero-order chi connectivity index (χ0) is 19.8. The molecular formula is C26H17NO2. The fourth-order valence-electron chi connectivity index (χ4n) is 3.91. The largest absolute Gasteiger partial charge is 0.321 e. The Hall–Kier alpha value is -3.98. The molecule has 0 aliphatic heterocycles. The van der Waals surface area contributed by atoms with E-state index in [4.69, 9.17) is 0 Å². The van der Waals surface area contributed by atoms with Crippen molar-refractivity contribution in [2.75, 3.05) is 0 Å². The van der Waals surface area contributed by atoms with Gasteiger partial charge in [0.05, 0.1) is 5.56 Å². The van der Waals surface area contributed by atoms with Gasteiger partial charge in [0.2, 0.25) is 0 Å². The zero-order valence-electron chi connectivity index (χ0n) is 15.6. The highest BCUT2D eigenvalue weighted by Gasteiger charge is 2.22. The van der Waals surface area contributed by atoms with Gasteiger partial charge in [-0.15, -0.1) is 0 Å². The van der Waals surface area contributed by atoms with E-state index in [1.807, 2.05) is 72.8 Å². The molecular weight excluding hydrogens is 358 g/mol. The van der Waals surface area contributed by atoms with E-state index in [1.54, 1.807) is 24.3 Å². The lowest BCUT2D eigenvalue weighted by Crippen LogP contribution is -2.20. The maximum Gasteiger partial charge on any atom is 0.260 e. The molecule has 4 aromatic carbocycles. The highest BCUT2D eigenvalue weighted by atomic mass is 16.1. The topological polar surface area (TPSA) is 49.9 Å². The number of pyridine rings is 1. The molecule has 5 rings (SSSR count). The van der Waals surface area contributed by atoms with E-state index in [-0.39, 0.29) is 16.9 Å². The normalized spacial score (nSPS) is 11.0. The van der Waals surface area contributed by atoms with Crippen LogP contribution in [0.15, 0.2) is 102 Å². The third kappa shape index (κ3) is 2.84. The molecule has 0 aliphatic carbocycles. The number of carbonyl (C=O) groups is 1. The lowest BCUT2D eigenvalue weighted by molar-refractivity contribution is 0.103. The van der Waals surface area contributed by atoms with Crippen molar-refractivity contribution in [2.24, 2.45) is 0 Å². The fraction of sp³-hybridized carbons (Fsp3) is 0. The molecule has 1 heterocycles. The Labute approximate surface area is 167 Å². The molecule has 0 spiro atoms. The van der Waals surface area contributed by atoms with Gasteiger partial charge in [-0.1, -0.05) is 91.0 Å². The van der Waals surface area contributed by atoms with Crippen LogP contribution in [0, 0.1) is 0 Å². The van der Waals surface area contributed by atoms with Crippen LogP contribution in [0.25, 0.3) is 32.8 Å². The molecule has 1 aromatic heterocycles. The van der Waals surface area contributed by atoms with Gasteiger partial charge >= 0.3 is 0 Å². The Morgan fingerprint density at radius 2 is 1.34 bits per heavy atom. The van der Waals surface area contributed by atoms with Crippen molar-refractivity contribution in [3.05, 3.63) is 119 Å². The number of fused-ring (bicyclic) bond motifs is 3. The number of benzene rings is 4. The summed E-state index contributed by atoms with van der Waals surface area (Å²) in [5.41, 5.74) is 2.54. The van der Waals surface area contributed by atoms with Crippen LogP contribution in [0.1, 0.15) is 15.9 Å². The minimum atomic E-state index is -0.375.